The second kappa shape index (κ2) is 8.77. The lowest BCUT2D eigenvalue weighted by molar-refractivity contribution is 0.102. The number of nitrogens with one attached hydrogen (secondary N) is 1. The number of amides is 1. The Bertz CT molecular complexity index is 1180. The molecule has 1 saturated heterocycles. The number of nitrogens with zero attached hydrogens (tertiary/aromatic N) is 3. The van der Waals surface area contributed by atoms with Gasteiger partial charge in [-0.2, -0.15) is 0 Å². The van der Waals surface area contributed by atoms with Crippen LogP contribution >= 0.6 is 0 Å². The predicted octanol–water partition coefficient (Wildman–Crippen LogP) is 3.76. The number of carbonyl (C=O) groups excluding carboxylic acids is 1. The first-order valence-corrected chi connectivity index (χ1v) is 11.6. The third-order valence-corrected chi connectivity index (χ3v) is 7.10. The van der Waals surface area contributed by atoms with Gasteiger partial charge in [-0.1, -0.05) is 24.3 Å². The largest absolute Gasteiger partial charge is 0.371 e. The SMILES string of the molecule is CN(c1ccccc1)S(=O)(=O)c1cccc(NC(=O)c2cc(N3CCCC3)ccn2)c1. The summed E-state index contributed by atoms with van der Waals surface area (Å²) in [7, 11) is -2.27. The van der Waals surface area contributed by atoms with E-state index in [0.717, 1.165) is 31.6 Å². The van der Waals surface area contributed by atoms with E-state index in [1.165, 1.54) is 23.5 Å². The molecule has 1 aromatic heterocycles. The number of pyridine rings is 1. The van der Waals surface area contributed by atoms with Crippen LogP contribution in [0.5, 0.6) is 0 Å². The molecule has 4 rings (SSSR count). The molecule has 2 aromatic carbocycles. The highest BCUT2D eigenvalue weighted by Gasteiger charge is 2.22. The number of rotatable bonds is 6. The molecular formula is C23H24N4O3S. The lowest BCUT2D eigenvalue weighted by Gasteiger charge is -2.20. The molecule has 1 aliphatic heterocycles. The van der Waals surface area contributed by atoms with Crippen LogP contribution < -0.4 is 14.5 Å². The average molecular weight is 437 g/mol. The summed E-state index contributed by atoms with van der Waals surface area (Å²) >= 11 is 0. The van der Waals surface area contributed by atoms with Crippen LogP contribution in [0, 0.1) is 0 Å². The number of carbonyl (C=O) groups is 1. The molecule has 0 unspecified atom stereocenters. The summed E-state index contributed by atoms with van der Waals surface area (Å²) in [6.45, 7) is 1.94. The first-order chi connectivity index (χ1) is 14.9. The molecule has 3 aromatic rings. The van der Waals surface area contributed by atoms with Gasteiger partial charge < -0.3 is 10.2 Å². The van der Waals surface area contributed by atoms with Crippen LogP contribution in [0.2, 0.25) is 0 Å². The van der Waals surface area contributed by atoms with Gasteiger partial charge in [0.15, 0.2) is 0 Å². The Morgan fingerprint density at radius 2 is 1.74 bits per heavy atom. The molecule has 1 N–H and O–H groups in total. The van der Waals surface area contributed by atoms with Gasteiger partial charge in [-0.15, -0.1) is 0 Å². The second-order valence-electron chi connectivity index (χ2n) is 7.38. The van der Waals surface area contributed by atoms with E-state index >= 15 is 0 Å². The zero-order chi connectivity index (χ0) is 21.8. The molecule has 1 aliphatic rings. The molecular weight excluding hydrogens is 412 g/mol. The van der Waals surface area contributed by atoms with Crippen molar-refractivity contribution < 1.29 is 13.2 Å². The van der Waals surface area contributed by atoms with Gasteiger partial charge >= 0.3 is 0 Å². The fourth-order valence-electron chi connectivity index (χ4n) is 3.58. The van der Waals surface area contributed by atoms with Gasteiger partial charge in [0.05, 0.1) is 10.6 Å². The van der Waals surface area contributed by atoms with Crippen LogP contribution in [0.1, 0.15) is 23.3 Å². The van der Waals surface area contributed by atoms with E-state index in [9.17, 15) is 13.2 Å². The predicted molar refractivity (Wildman–Crippen MR) is 122 cm³/mol. The van der Waals surface area contributed by atoms with E-state index in [1.807, 2.05) is 12.1 Å². The lowest BCUT2D eigenvalue weighted by Crippen LogP contribution is -2.26. The molecule has 1 amide bonds. The smallest absolute Gasteiger partial charge is 0.274 e. The quantitative estimate of drug-likeness (QED) is 0.636. The summed E-state index contributed by atoms with van der Waals surface area (Å²) in [4.78, 5) is 19.2. The average Bonchev–Trinajstić information content (AvgIpc) is 3.34. The second-order valence-corrected chi connectivity index (χ2v) is 9.35. The van der Waals surface area contributed by atoms with Crippen LogP contribution in [0.15, 0.2) is 77.8 Å². The highest BCUT2D eigenvalue weighted by Crippen LogP contribution is 2.24. The van der Waals surface area contributed by atoms with E-state index in [1.54, 1.807) is 48.7 Å². The Hall–Kier alpha value is -3.39. The zero-order valence-corrected chi connectivity index (χ0v) is 18.0. The van der Waals surface area contributed by atoms with E-state index in [-0.39, 0.29) is 10.8 Å². The summed E-state index contributed by atoms with van der Waals surface area (Å²) < 4.78 is 27.3. The summed E-state index contributed by atoms with van der Waals surface area (Å²) in [5, 5.41) is 2.76. The van der Waals surface area contributed by atoms with Gasteiger partial charge in [0.25, 0.3) is 15.9 Å². The highest BCUT2D eigenvalue weighted by molar-refractivity contribution is 7.92. The number of hydrogen-bond donors (Lipinski definition) is 1. The lowest BCUT2D eigenvalue weighted by atomic mass is 10.2. The molecule has 0 radical (unpaired) electrons. The molecule has 0 saturated carbocycles. The minimum absolute atomic E-state index is 0.0930. The standard InChI is InChI=1S/C23H24N4O3S/c1-26(19-9-3-2-4-10-19)31(29,30)21-11-7-8-18(16-21)25-23(28)22-17-20(12-13-24-22)27-14-5-6-15-27/h2-4,7-13,16-17H,5-6,14-15H2,1H3,(H,25,28). The molecule has 1 fully saturated rings. The van der Waals surface area contributed by atoms with Crippen LogP contribution in [-0.2, 0) is 10.0 Å². The molecule has 2 heterocycles. The molecule has 31 heavy (non-hydrogen) atoms. The number of sulfonamides is 1. The van der Waals surface area contributed by atoms with Crippen molar-refractivity contribution in [3.8, 4) is 0 Å². The maximum absolute atomic E-state index is 13.0. The van der Waals surface area contributed by atoms with Crippen molar-refractivity contribution in [1.29, 1.82) is 0 Å². The van der Waals surface area contributed by atoms with Crippen molar-refractivity contribution in [2.24, 2.45) is 0 Å². The number of aromatic nitrogens is 1. The fourth-order valence-corrected chi connectivity index (χ4v) is 4.82. The number of para-hydroxylation sites is 1. The van der Waals surface area contributed by atoms with Crippen molar-refractivity contribution in [3.63, 3.8) is 0 Å². The first kappa shape index (κ1) is 20.9. The normalized spacial score (nSPS) is 13.8. The van der Waals surface area contributed by atoms with E-state index in [0.29, 0.717) is 17.1 Å². The van der Waals surface area contributed by atoms with Crippen molar-refractivity contribution >= 4 is 33.0 Å². The molecule has 0 spiro atoms. The van der Waals surface area contributed by atoms with Gasteiger partial charge in [-0.25, -0.2) is 8.42 Å². The Kier molecular flexibility index (Phi) is 5.90. The summed E-state index contributed by atoms with van der Waals surface area (Å²) in [5.74, 6) is -0.382. The van der Waals surface area contributed by atoms with Crippen molar-refractivity contribution in [3.05, 3.63) is 78.6 Å². The molecule has 0 atom stereocenters. The Morgan fingerprint density at radius 3 is 2.48 bits per heavy atom. The van der Waals surface area contributed by atoms with E-state index < -0.39 is 10.0 Å². The van der Waals surface area contributed by atoms with Crippen LogP contribution in [0.4, 0.5) is 17.1 Å². The Morgan fingerprint density at radius 1 is 1.00 bits per heavy atom. The molecule has 8 heteroatoms. The molecule has 7 nitrogen and oxygen atoms in total. The molecule has 160 valence electrons. The maximum atomic E-state index is 13.0. The minimum Gasteiger partial charge on any atom is -0.371 e. The van der Waals surface area contributed by atoms with Gasteiger partial charge in [0, 0.05) is 37.7 Å². The third kappa shape index (κ3) is 4.54. The van der Waals surface area contributed by atoms with Crippen LogP contribution in [0.3, 0.4) is 0 Å². The monoisotopic (exact) mass is 436 g/mol. The number of benzene rings is 2. The zero-order valence-electron chi connectivity index (χ0n) is 17.2. The number of anilines is 3. The third-order valence-electron chi connectivity index (χ3n) is 5.32. The number of hydrogen-bond acceptors (Lipinski definition) is 5. The maximum Gasteiger partial charge on any atom is 0.274 e. The van der Waals surface area contributed by atoms with Crippen molar-refractivity contribution in [2.75, 3.05) is 34.7 Å². The summed E-state index contributed by atoms with van der Waals surface area (Å²) in [6, 6.07) is 18.7. The van der Waals surface area contributed by atoms with Crippen LogP contribution in [0.25, 0.3) is 0 Å². The van der Waals surface area contributed by atoms with Crippen molar-refractivity contribution in [2.45, 2.75) is 17.7 Å². The van der Waals surface area contributed by atoms with Gasteiger partial charge in [0.1, 0.15) is 5.69 Å². The molecule has 0 aliphatic carbocycles. The fraction of sp³-hybridized carbons (Fsp3) is 0.217. The van der Waals surface area contributed by atoms with Crippen molar-refractivity contribution in [1.82, 2.24) is 4.98 Å². The summed E-state index contributed by atoms with van der Waals surface area (Å²) in [6.07, 6.45) is 3.91. The van der Waals surface area contributed by atoms with E-state index in [2.05, 4.69) is 15.2 Å². The van der Waals surface area contributed by atoms with Crippen LogP contribution in [-0.4, -0.2) is 39.4 Å². The van der Waals surface area contributed by atoms with Gasteiger partial charge in [-0.05, 0) is 55.3 Å². The Labute approximate surface area is 182 Å². The van der Waals surface area contributed by atoms with Gasteiger partial charge in [-0.3, -0.25) is 14.1 Å². The van der Waals surface area contributed by atoms with E-state index in [4.69, 9.17) is 0 Å². The Balaban J connectivity index is 1.53. The minimum atomic E-state index is -3.77. The topological polar surface area (TPSA) is 82.6 Å². The highest BCUT2D eigenvalue weighted by atomic mass is 32.2. The first-order valence-electron chi connectivity index (χ1n) is 10.1. The summed E-state index contributed by atoms with van der Waals surface area (Å²) in [5.41, 5.74) is 2.21. The van der Waals surface area contributed by atoms with Gasteiger partial charge in [0.2, 0.25) is 0 Å². The molecule has 0 bridgehead atoms.